The largest absolute Gasteiger partial charge is 0.483 e. The van der Waals surface area contributed by atoms with Crippen LogP contribution in [0.1, 0.15) is 76.5 Å². The van der Waals surface area contributed by atoms with Gasteiger partial charge >= 0.3 is 12.3 Å². The molecule has 294 valence electrons. The summed E-state index contributed by atoms with van der Waals surface area (Å²) >= 11 is 6.32. The second-order valence-corrected chi connectivity index (χ2v) is 17.3. The lowest BCUT2D eigenvalue weighted by molar-refractivity contribution is -0.244. The molecule has 2 N–H and O–H groups in total. The van der Waals surface area contributed by atoms with E-state index in [4.69, 9.17) is 21.1 Å². The van der Waals surface area contributed by atoms with Gasteiger partial charge in [0.2, 0.25) is 27.4 Å². The van der Waals surface area contributed by atoms with E-state index in [1.807, 2.05) is 6.08 Å². The van der Waals surface area contributed by atoms with Gasteiger partial charge in [-0.25, -0.2) is 22.5 Å². The molecule has 1 aromatic carbocycles. The predicted octanol–water partition coefficient (Wildman–Crippen LogP) is 4.86. The zero-order valence-electron chi connectivity index (χ0n) is 30.1. The third-order valence-corrected chi connectivity index (χ3v) is 12.5. The Kier molecular flexibility index (Phi) is 10.9. The van der Waals surface area contributed by atoms with Crippen molar-refractivity contribution in [1.29, 1.82) is 0 Å². The number of aryl methyl sites for hydroxylation is 2. The lowest BCUT2D eigenvalue weighted by atomic mass is 9.87. The first-order valence-corrected chi connectivity index (χ1v) is 19.9. The molecular weight excluding hydrogens is 755 g/mol. The van der Waals surface area contributed by atoms with Crippen LogP contribution >= 0.6 is 11.6 Å². The van der Waals surface area contributed by atoms with Gasteiger partial charge in [-0.3, -0.25) is 14.4 Å². The number of nitrogens with one attached hydrogen (secondary N) is 2. The van der Waals surface area contributed by atoms with Crippen molar-refractivity contribution < 1.29 is 50.2 Å². The molecule has 18 heteroatoms. The van der Waals surface area contributed by atoms with Crippen LogP contribution in [0.4, 0.5) is 18.0 Å². The summed E-state index contributed by atoms with van der Waals surface area (Å²) in [6.07, 6.45) is 0.153. The van der Waals surface area contributed by atoms with Gasteiger partial charge < -0.3 is 25.0 Å². The van der Waals surface area contributed by atoms with E-state index in [0.717, 1.165) is 15.3 Å². The minimum Gasteiger partial charge on any atom is -0.483 e. The van der Waals surface area contributed by atoms with Crippen LogP contribution in [0.2, 0.25) is 5.02 Å². The number of allylic oxidation sites excluding steroid dienone is 1. The van der Waals surface area contributed by atoms with Crippen LogP contribution in [-0.2, 0) is 35.6 Å². The molecule has 0 saturated carbocycles. The fourth-order valence-electron chi connectivity index (χ4n) is 7.39. The van der Waals surface area contributed by atoms with E-state index in [0.29, 0.717) is 74.4 Å². The highest BCUT2D eigenvalue weighted by Gasteiger charge is 2.55. The highest BCUT2D eigenvalue weighted by molar-refractivity contribution is 7.90. The average Bonchev–Trinajstić information content (AvgIpc) is 3.45. The topological polar surface area (TPSA) is 164 Å². The zero-order chi connectivity index (χ0) is 39.2. The Morgan fingerprint density at radius 1 is 1.15 bits per heavy atom. The van der Waals surface area contributed by atoms with Crippen LogP contribution in [0.25, 0.3) is 10.9 Å². The predicted molar refractivity (Wildman–Crippen MR) is 191 cm³/mol. The van der Waals surface area contributed by atoms with E-state index in [2.05, 4.69) is 15.6 Å². The number of benzene rings is 1. The number of pyridine rings is 1. The molecule has 0 bridgehead atoms. The Bertz CT molecular complexity index is 1990. The van der Waals surface area contributed by atoms with Gasteiger partial charge in [-0.15, -0.1) is 0 Å². The molecule has 5 heterocycles. The van der Waals surface area contributed by atoms with Crippen LogP contribution in [0.3, 0.4) is 0 Å². The minimum absolute atomic E-state index is 0.00219. The van der Waals surface area contributed by atoms with Crippen molar-refractivity contribution in [3.8, 4) is 5.75 Å². The van der Waals surface area contributed by atoms with E-state index in [9.17, 15) is 40.8 Å². The Morgan fingerprint density at radius 3 is 2.59 bits per heavy atom. The van der Waals surface area contributed by atoms with Crippen molar-refractivity contribution in [3.05, 3.63) is 46.6 Å². The summed E-state index contributed by atoms with van der Waals surface area (Å²) in [6, 6.07) is 1.41. The number of sulfonamides is 1. The van der Waals surface area contributed by atoms with Crippen molar-refractivity contribution in [2.24, 2.45) is 0 Å². The van der Waals surface area contributed by atoms with Crippen molar-refractivity contribution in [3.63, 3.8) is 0 Å². The molecule has 54 heavy (non-hydrogen) atoms. The Hall–Kier alpha value is -4.12. The fraction of sp³-hybridized carbons (Fsp3) is 0.583. The van der Waals surface area contributed by atoms with Crippen molar-refractivity contribution >= 4 is 56.3 Å². The number of halogens is 4. The Labute approximate surface area is 316 Å². The molecule has 1 aromatic heterocycles. The van der Waals surface area contributed by atoms with Gasteiger partial charge in [-0.1, -0.05) is 36.6 Å². The van der Waals surface area contributed by atoms with Gasteiger partial charge in [0.25, 0.3) is 5.91 Å². The van der Waals surface area contributed by atoms with Gasteiger partial charge in [0, 0.05) is 22.4 Å². The maximum Gasteiger partial charge on any atom is 0.427 e. The number of rotatable bonds is 3. The summed E-state index contributed by atoms with van der Waals surface area (Å²) in [7, 11) is -3.81. The first kappa shape index (κ1) is 39.6. The van der Waals surface area contributed by atoms with Crippen LogP contribution < -0.4 is 15.4 Å². The molecule has 4 aliphatic heterocycles. The lowest BCUT2D eigenvalue weighted by Crippen LogP contribution is -2.60. The Balaban J connectivity index is 1.35. The summed E-state index contributed by atoms with van der Waals surface area (Å²) in [5.74, 6) is -2.04. The van der Waals surface area contributed by atoms with Crippen LogP contribution in [0, 0.1) is 6.92 Å². The second-order valence-electron chi connectivity index (χ2n) is 14.9. The van der Waals surface area contributed by atoms with E-state index in [-0.39, 0.29) is 38.1 Å². The number of alkyl carbamates (subject to hydrolysis) is 1. The van der Waals surface area contributed by atoms with E-state index in [1.165, 1.54) is 4.90 Å². The number of carbonyl (C=O) groups excluding carboxylic acids is 4. The Morgan fingerprint density at radius 2 is 1.91 bits per heavy atom. The van der Waals surface area contributed by atoms with Crippen molar-refractivity contribution in [2.45, 2.75) is 114 Å². The second kappa shape index (κ2) is 14.8. The molecule has 4 amide bonds. The number of fused-ring (bicyclic) bond motifs is 4. The number of alkyl halides is 3. The number of aromatic nitrogens is 1. The smallest absolute Gasteiger partial charge is 0.427 e. The first-order valence-electron chi connectivity index (χ1n) is 17.9. The summed E-state index contributed by atoms with van der Waals surface area (Å²) in [5.41, 5.74) is -1.86. The maximum atomic E-state index is 14.5. The molecule has 2 aromatic rings. The van der Waals surface area contributed by atoms with Gasteiger partial charge in [0.05, 0.1) is 30.1 Å². The van der Waals surface area contributed by atoms with E-state index >= 15 is 0 Å². The molecule has 4 atom stereocenters. The highest BCUT2D eigenvalue weighted by Crippen LogP contribution is 2.45. The standard InChI is InChI=1S/C36H43ClF3N5O8S/c1-21-29-23(24-18-22(37)12-13-25(24)41-21)14-15-35(52-29)19-28-30(46)42-27(32(48)45-16-17-54(45,50)51)11-9-7-5-4-6-8-10-26(31(47)44(28)20-35)43-33(49)53-34(2,3)36(38,39)40/h7,9,12-13,18,26-28H,4-6,8,10-11,14-17,19-20H2,1-3H3,(H,42,46)(H,43,49)/b9-7-/t26-,27+,28-,35+/m0/s1. The van der Waals surface area contributed by atoms with Gasteiger partial charge in [-0.2, -0.15) is 13.2 Å². The summed E-state index contributed by atoms with van der Waals surface area (Å²) < 4.78 is 77.8. The molecule has 13 nitrogen and oxygen atoms in total. The molecule has 6 rings (SSSR count). The molecule has 0 radical (unpaired) electrons. The van der Waals surface area contributed by atoms with Crippen LogP contribution in [0.15, 0.2) is 30.4 Å². The summed E-state index contributed by atoms with van der Waals surface area (Å²) in [6.45, 7) is 3.00. The molecule has 0 aliphatic carbocycles. The molecule has 2 saturated heterocycles. The number of hydrogen-bond donors (Lipinski definition) is 2. The van der Waals surface area contributed by atoms with Crippen molar-refractivity contribution in [1.82, 2.24) is 24.8 Å². The minimum atomic E-state index is -4.89. The first-order chi connectivity index (χ1) is 25.3. The van der Waals surface area contributed by atoms with Gasteiger partial charge in [0.1, 0.15) is 29.5 Å². The highest BCUT2D eigenvalue weighted by atomic mass is 35.5. The van der Waals surface area contributed by atoms with E-state index < -0.39 is 69.3 Å². The van der Waals surface area contributed by atoms with Gasteiger partial charge in [-0.05, 0) is 77.5 Å². The normalized spacial score (nSPS) is 27.1. The van der Waals surface area contributed by atoms with E-state index in [1.54, 1.807) is 31.2 Å². The summed E-state index contributed by atoms with van der Waals surface area (Å²) in [4.78, 5) is 61.2. The molecule has 0 unspecified atom stereocenters. The number of hydrogen-bond acceptors (Lipinski definition) is 9. The average molecular weight is 798 g/mol. The third-order valence-electron chi connectivity index (χ3n) is 10.6. The molecule has 2 fully saturated rings. The molecule has 4 aliphatic rings. The molecule has 1 spiro atoms. The number of nitrogens with zero attached hydrogens (tertiary/aromatic N) is 3. The van der Waals surface area contributed by atoms with Crippen LogP contribution in [0.5, 0.6) is 5.75 Å². The number of amides is 4. The maximum absolute atomic E-state index is 14.5. The quantitative estimate of drug-likeness (QED) is 0.413. The monoisotopic (exact) mass is 797 g/mol. The third kappa shape index (κ3) is 7.97. The number of carbonyl (C=O) groups is 4. The summed E-state index contributed by atoms with van der Waals surface area (Å²) in [5, 5.41) is 6.32. The van der Waals surface area contributed by atoms with Gasteiger partial charge in [0.15, 0.2) is 0 Å². The van der Waals surface area contributed by atoms with Crippen LogP contribution in [-0.4, -0.2) is 101 Å². The zero-order valence-corrected chi connectivity index (χ0v) is 31.7. The lowest BCUT2D eigenvalue weighted by Gasteiger charge is -2.37. The molecular formula is C36H43ClF3N5O8S. The SMILES string of the molecule is Cc1nc2ccc(Cl)cc2c2c1O[C@]1(CC2)C[C@H]2C(=O)N[C@@H](C(=O)N3CCS3(=O)=O)C/C=C\CCCCC[C@H](NC(=O)OC(C)(C)C(F)(F)F)C(=O)N2C1. The fourth-order valence-corrected chi connectivity index (χ4v) is 8.63. The number of ether oxygens (including phenoxy) is 2. The van der Waals surface area contributed by atoms with Crippen molar-refractivity contribution in [2.75, 3.05) is 18.8 Å².